The molecular formula is C28H19F6N3O3. The van der Waals surface area contributed by atoms with Crippen LogP contribution in [0.25, 0.3) is 33.1 Å². The molecule has 0 radical (unpaired) electrons. The van der Waals surface area contributed by atoms with Gasteiger partial charge in [-0.2, -0.15) is 26.3 Å². The Kier molecular flexibility index (Phi) is 7.54. The van der Waals surface area contributed by atoms with Gasteiger partial charge in [0.15, 0.2) is 0 Å². The van der Waals surface area contributed by atoms with E-state index >= 15 is 0 Å². The number of carbonyl (C=O) groups is 2. The first-order chi connectivity index (χ1) is 18.7. The van der Waals surface area contributed by atoms with Gasteiger partial charge in [0, 0.05) is 33.7 Å². The Morgan fingerprint density at radius 2 is 1.60 bits per heavy atom. The molecule has 0 saturated carbocycles. The molecule has 5 aromatic rings. The number of carbonyl (C=O) groups excluding carboxylic acids is 1. The number of aliphatic carboxylic acids is 1. The number of fused-ring (bicyclic) bond motifs is 3. The van der Waals surface area contributed by atoms with Gasteiger partial charge in [-0.05, 0) is 72.1 Å². The molecule has 0 aliphatic heterocycles. The van der Waals surface area contributed by atoms with Crippen LogP contribution in [0.2, 0.25) is 0 Å². The van der Waals surface area contributed by atoms with Crippen molar-refractivity contribution >= 4 is 39.5 Å². The van der Waals surface area contributed by atoms with Crippen LogP contribution in [0, 0.1) is 6.92 Å². The molecule has 0 spiro atoms. The monoisotopic (exact) mass is 559 g/mol. The molecule has 0 aliphatic carbocycles. The Hall–Kier alpha value is -4.87. The predicted octanol–water partition coefficient (Wildman–Crippen LogP) is 7.60. The molecule has 0 fully saturated rings. The van der Waals surface area contributed by atoms with E-state index in [2.05, 4.69) is 15.3 Å². The van der Waals surface area contributed by atoms with Crippen molar-refractivity contribution in [2.45, 2.75) is 19.3 Å². The van der Waals surface area contributed by atoms with Crippen LogP contribution < -0.4 is 5.32 Å². The van der Waals surface area contributed by atoms with Crippen LogP contribution in [-0.2, 0) is 11.0 Å². The van der Waals surface area contributed by atoms with E-state index in [0.29, 0.717) is 5.56 Å². The fourth-order valence-corrected chi connectivity index (χ4v) is 3.95. The molecule has 40 heavy (non-hydrogen) atoms. The maximum absolute atomic E-state index is 13.0. The van der Waals surface area contributed by atoms with Crippen LogP contribution in [-0.4, -0.2) is 33.1 Å². The van der Waals surface area contributed by atoms with Gasteiger partial charge in [0.2, 0.25) is 0 Å². The number of alkyl halides is 6. The number of benzene rings is 3. The number of H-pyrrole nitrogens is 1. The quantitative estimate of drug-likeness (QED) is 0.199. The Labute approximate surface area is 222 Å². The van der Waals surface area contributed by atoms with Crippen LogP contribution in [0.4, 0.5) is 32.0 Å². The van der Waals surface area contributed by atoms with Crippen molar-refractivity contribution in [1.29, 1.82) is 0 Å². The number of hydrogen-bond acceptors (Lipinski definition) is 3. The molecule has 206 valence electrons. The van der Waals surface area contributed by atoms with Crippen LogP contribution >= 0.6 is 0 Å². The lowest BCUT2D eigenvalue weighted by atomic mass is 9.97. The highest BCUT2D eigenvalue weighted by molar-refractivity contribution is 6.08. The molecule has 0 bridgehead atoms. The average Bonchev–Trinajstić information content (AvgIpc) is 3.26. The minimum atomic E-state index is -5.08. The lowest BCUT2D eigenvalue weighted by Crippen LogP contribution is -2.21. The van der Waals surface area contributed by atoms with Crippen LogP contribution in [0.5, 0.6) is 0 Å². The summed E-state index contributed by atoms with van der Waals surface area (Å²) in [4.78, 5) is 29.4. The van der Waals surface area contributed by atoms with Gasteiger partial charge >= 0.3 is 18.3 Å². The number of aromatic nitrogens is 2. The standard InChI is InChI=1S/C26H18F3N3O.C2HF3O2/c1-15-7-8-17(25(33)31-19-5-2-4-18(14-19)26(27,28)29)12-22(15)16-9-10-20-21-6-3-11-30-24(21)32-23(20)13-16;3-2(4,5)1(6)7/h2-14H,1H3,(H,30,32)(H,31,33);(H,6,7). The molecule has 2 heterocycles. The summed E-state index contributed by atoms with van der Waals surface area (Å²) in [7, 11) is 0. The molecule has 0 aliphatic rings. The van der Waals surface area contributed by atoms with E-state index in [1.54, 1.807) is 18.3 Å². The SMILES string of the molecule is Cc1ccc(C(=O)Nc2cccc(C(F)(F)F)c2)cc1-c1ccc2c(c1)[nH]c1ncccc12.O=C(O)C(F)(F)F. The minimum absolute atomic E-state index is 0.0870. The molecular weight excluding hydrogens is 540 g/mol. The Morgan fingerprint density at radius 1 is 0.875 bits per heavy atom. The van der Waals surface area contributed by atoms with Crippen molar-refractivity contribution in [3.63, 3.8) is 0 Å². The first kappa shape index (κ1) is 28.1. The normalized spacial score (nSPS) is 11.7. The van der Waals surface area contributed by atoms with Crippen LogP contribution in [0.3, 0.4) is 0 Å². The summed E-state index contributed by atoms with van der Waals surface area (Å²) in [6.07, 6.45) is -7.83. The van der Waals surface area contributed by atoms with Crippen molar-refractivity contribution in [3.05, 3.63) is 95.7 Å². The molecule has 0 atom stereocenters. The van der Waals surface area contributed by atoms with Crippen molar-refractivity contribution in [2.75, 3.05) is 5.32 Å². The first-order valence-corrected chi connectivity index (χ1v) is 11.5. The van der Waals surface area contributed by atoms with Crippen molar-refractivity contribution in [3.8, 4) is 11.1 Å². The zero-order valence-electron chi connectivity index (χ0n) is 20.5. The third-order valence-electron chi connectivity index (χ3n) is 5.87. The summed E-state index contributed by atoms with van der Waals surface area (Å²) >= 11 is 0. The van der Waals surface area contributed by atoms with Gasteiger partial charge in [0.25, 0.3) is 5.91 Å². The Morgan fingerprint density at radius 3 is 2.27 bits per heavy atom. The number of hydrogen-bond donors (Lipinski definition) is 3. The number of pyridine rings is 1. The fourth-order valence-electron chi connectivity index (χ4n) is 3.95. The van der Waals surface area contributed by atoms with Gasteiger partial charge in [-0.3, -0.25) is 4.79 Å². The maximum atomic E-state index is 13.0. The van der Waals surface area contributed by atoms with Gasteiger partial charge < -0.3 is 15.4 Å². The number of nitrogens with one attached hydrogen (secondary N) is 2. The van der Waals surface area contributed by atoms with Crippen molar-refractivity contribution in [1.82, 2.24) is 9.97 Å². The number of anilines is 1. The average molecular weight is 559 g/mol. The Bertz CT molecular complexity index is 1720. The topological polar surface area (TPSA) is 95.1 Å². The summed E-state index contributed by atoms with van der Waals surface area (Å²) in [6.45, 7) is 1.95. The molecule has 3 N–H and O–H groups in total. The summed E-state index contributed by atoms with van der Waals surface area (Å²) in [5.74, 6) is -3.24. The van der Waals surface area contributed by atoms with Crippen molar-refractivity contribution < 1.29 is 41.0 Å². The van der Waals surface area contributed by atoms with Gasteiger partial charge in [-0.1, -0.05) is 24.3 Å². The molecule has 3 aromatic carbocycles. The number of halogens is 6. The molecule has 0 unspecified atom stereocenters. The summed E-state index contributed by atoms with van der Waals surface area (Å²) < 4.78 is 70.7. The third-order valence-corrected chi connectivity index (χ3v) is 5.87. The minimum Gasteiger partial charge on any atom is -0.475 e. The third kappa shape index (κ3) is 6.22. The van der Waals surface area contributed by atoms with E-state index in [1.165, 1.54) is 12.1 Å². The van der Waals surface area contributed by atoms with E-state index in [-0.39, 0.29) is 5.69 Å². The molecule has 2 aromatic heterocycles. The number of aryl methyl sites for hydroxylation is 1. The number of carboxylic acids is 1. The van der Waals surface area contributed by atoms with Crippen LogP contribution in [0.15, 0.2) is 79.0 Å². The lowest BCUT2D eigenvalue weighted by molar-refractivity contribution is -0.192. The number of aromatic amines is 1. The van der Waals surface area contributed by atoms with E-state index < -0.39 is 29.8 Å². The van der Waals surface area contributed by atoms with E-state index in [4.69, 9.17) is 9.90 Å². The molecule has 0 saturated heterocycles. The van der Waals surface area contributed by atoms with Crippen molar-refractivity contribution in [2.24, 2.45) is 0 Å². The lowest BCUT2D eigenvalue weighted by Gasteiger charge is -2.12. The Balaban J connectivity index is 0.000000470. The number of nitrogens with zero attached hydrogens (tertiary/aromatic N) is 1. The van der Waals surface area contributed by atoms with Gasteiger partial charge in [0.1, 0.15) is 5.65 Å². The summed E-state index contributed by atoms with van der Waals surface area (Å²) in [6, 6.07) is 19.7. The predicted molar refractivity (Wildman–Crippen MR) is 137 cm³/mol. The smallest absolute Gasteiger partial charge is 0.475 e. The van der Waals surface area contributed by atoms with Gasteiger partial charge in [0.05, 0.1) is 5.56 Å². The number of carboxylic acid groups (broad SMARTS) is 1. The second-order valence-corrected chi connectivity index (χ2v) is 8.65. The molecule has 1 amide bonds. The highest BCUT2D eigenvalue weighted by atomic mass is 19.4. The fraction of sp³-hybridized carbons (Fsp3) is 0.107. The summed E-state index contributed by atoms with van der Waals surface area (Å²) in [5.41, 5.74) is 4.11. The second kappa shape index (κ2) is 10.7. The molecule has 6 nitrogen and oxygen atoms in total. The zero-order valence-corrected chi connectivity index (χ0v) is 20.5. The first-order valence-electron chi connectivity index (χ1n) is 11.5. The van der Waals surface area contributed by atoms with Gasteiger partial charge in [-0.25, -0.2) is 9.78 Å². The van der Waals surface area contributed by atoms with E-state index in [1.807, 2.05) is 43.3 Å². The number of rotatable bonds is 3. The second-order valence-electron chi connectivity index (χ2n) is 8.65. The largest absolute Gasteiger partial charge is 0.490 e. The zero-order chi connectivity index (χ0) is 29.2. The highest BCUT2D eigenvalue weighted by Gasteiger charge is 2.38. The summed E-state index contributed by atoms with van der Waals surface area (Å²) in [5, 5.41) is 11.8. The van der Waals surface area contributed by atoms with Gasteiger partial charge in [-0.15, -0.1) is 0 Å². The molecule has 5 rings (SSSR count). The number of amides is 1. The van der Waals surface area contributed by atoms with E-state index in [0.717, 1.165) is 50.8 Å². The van der Waals surface area contributed by atoms with E-state index in [9.17, 15) is 31.1 Å². The van der Waals surface area contributed by atoms with Crippen LogP contribution in [0.1, 0.15) is 21.5 Å². The highest BCUT2D eigenvalue weighted by Crippen LogP contribution is 2.32. The maximum Gasteiger partial charge on any atom is 0.490 e. The molecule has 12 heteroatoms.